The van der Waals surface area contributed by atoms with Crippen molar-refractivity contribution in [2.24, 2.45) is 5.92 Å². The van der Waals surface area contributed by atoms with Gasteiger partial charge in [-0.3, -0.25) is 9.59 Å². The van der Waals surface area contributed by atoms with E-state index >= 15 is 0 Å². The molecule has 0 aliphatic heterocycles. The third-order valence-corrected chi connectivity index (χ3v) is 2.18. The van der Waals surface area contributed by atoms with Gasteiger partial charge in [0.25, 0.3) is 0 Å². The minimum absolute atomic E-state index is 0.0790. The van der Waals surface area contributed by atoms with Gasteiger partial charge in [-0.2, -0.15) is 0 Å². The lowest BCUT2D eigenvalue weighted by molar-refractivity contribution is -0.151. The Bertz CT molecular complexity index is 253. The quantitative estimate of drug-likeness (QED) is 0.480. The molecule has 0 saturated heterocycles. The van der Waals surface area contributed by atoms with Gasteiger partial charge in [-0.05, 0) is 32.3 Å². The van der Waals surface area contributed by atoms with Gasteiger partial charge in [-0.25, -0.2) is 0 Å². The number of hydrogen-bond donors (Lipinski definition) is 0. The zero-order valence-electron chi connectivity index (χ0n) is 8.00. The van der Waals surface area contributed by atoms with Crippen LogP contribution in [0.4, 0.5) is 0 Å². The predicted molar refractivity (Wildman–Crippen MR) is 48.1 cm³/mol. The van der Waals surface area contributed by atoms with Crippen LogP contribution in [0.2, 0.25) is 0 Å². The standard InChI is InChI=1S/C10H14O3/c1-3-13-10(12)8-6-4-5-7(2)9(8)11/h5,8H,3-4,6H2,1-2H3. The second-order valence-electron chi connectivity index (χ2n) is 3.13. The number of esters is 1. The normalized spacial score (nSPS) is 22.5. The lowest BCUT2D eigenvalue weighted by atomic mass is 9.88. The molecule has 1 unspecified atom stereocenters. The van der Waals surface area contributed by atoms with Gasteiger partial charge in [0.1, 0.15) is 5.92 Å². The Labute approximate surface area is 77.8 Å². The first-order chi connectivity index (χ1) is 6.16. The summed E-state index contributed by atoms with van der Waals surface area (Å²) in [4.78, 5) is 22.8. The number of allylic oxidation sites excluding steroid dienone is 2. The van der Waals surface area contributed by atoms with E-state index in [9.17, 15) is 9.59 Å². The molecular formula is C10H14O3. The molecule has 0 heterocycles. The first-order valence-corrected chi connectivity index (χ1v) is 4.54. The lowest BCUT2D eigenvalue weighted by Gasteiger charge is -2.17. The van der Waals surface area contributed by atoms with Crippen molar-refractivity contribution in [1.82, 2.24) is 0 Å². The summed E-state index contributed by atoms with van der Waals surface area (Å²) < 4.78 is 4.81. The van der Waals surface area contributed by atoms with Crippen molar-refractivity contribution in [3.63, 3.8) is 0 Å². The Balaban J connectivity index is 2.67. The molecule has 0 fully saturated rings. The molecule has 1 aliphatic rings. The highest BCUT2D eigenvalue weighted by molar-refractivity contribution is 6.08. The summed E-state index contributed by atoms with van der Waals surface area (Å²) in [6.45, 7) is 3.83. The predicted octanol–water partition coefficient (Wildman–Crippen LogP) is 1.47. The summed E-state index contributed by atoms with van der Waals surface area (Å²) >= 11 is 0. The molecule has 0 spiro atoms. The maximum atomic E-state index is 11.5. The second-order valence-corrected chi connectivity index (χ2v) is 3.13. The van der Waals surface area contributed by atoms with Gasteiger partial charge in [0.05, 0.1) is 6.61 Å². The number of carbonyl (C=O) groups excluding carboxylic acids is 2. The van der Waals surface area contributed by atoms with Crippen LogP contribution in [0.25, 0.3) is 0 Å². The molecule has 1 atom stereocenters. The number of carbonyl (C=O) groups is 2. The van der Waals surface area contributed by atoms with Crippen molar-refractivity contribution in [3.05, 3.63) is 11.6 Å². The van der Waals surface area contributed by atoms with Crippen molar-refractivity contribution >= 4 is 11.8 Å². The van der Waals surface area contributed by atoms with Crippen molar-refractivity contribution < 1.29 is 14.3 Å². The third-order valence-electron chi connectivity index (χ3n) is 2.18. The zero-order valence-corrected chi connectivity index (χ0v) is 8.00. The Morgan fingerprint density at radius 3 is 3.00 bits per heavy atom. The van der Waals surface area contributed by atoms with Crippen LogP contribution in [-0.2, 0) is 14.3 Å². The van der Waals surface area contributed by atoms with Crippen molar-refractivity contribution in [2.75, 3.05) is 6.61 Å². The molecule has 0 aromatic rings. The second kappa shape index (κ2) is 4.21. The Morgan fingerprint density at radius 1 is 1.69 bits per heavy atom. The van der Waals surface area contributed by atoms with E-state index in [1.165, 1.54) is 0 Å². The van der Waals surface area contributed by atoms with Gasteiger partial charge in [0, 0.05) is 0 Å². The summed E-state index contributed by atoms with van der Waals surface area (Å²) in [5, 5.41) is 0. The van der Waals surface area contributed by atoms with Gasteiger partial charge >= 0.3 is 5.97 Å². The molecule has 0 aromatic heterocycles. The average molecular weight is 182 g/mol. The van der Waals surface area contributed by atoms with Crippen LogP contribution in [0, 0.1) is 5.92 Å². The van der Waals surface area contributed by atoms with Crippen LogP contribution in [0.5, 0.6) is 0 Å². The van der Waals surface area contributed by atoms with E-state index < -0.39 is 5.92 Å². The molecule has 1 aliphatic carbocycles. The summed E-state index contributed by atoms with van der Waals surface area (Å²) in [5.74, 6) is -1.01. The molecule has 0 saturated carbocycles. The molecule has 72 valence electrons. The molecular weight excluding hydrogens is 168 g/mol. The number of rotatable bonds is 2. The molecule has 0 radical (unpaired) electrons. The van der Waals surface area contributed by atoms with E-state index in [1.54, 1.807) is 13.8 Å². The maximum Gasteiger partial charge on any atom is 0.316 e. The third kappa shape index (κ3) is 2.17. The SMILES string of the molecule is CCOC(=O)C1CCC=C(C)C1=O. The first kappa shape index (κ1) is 9.96. The average Bonchev–Trinajstić information content (AvgIpc) is 2.10. The van der Waals surface area contributed by atoms with E-state index in [1.807, 2.05) is 6.08 Å². The van der Waals surface area contributed by atoms with Crippen molar-refractivity contribution in [1.29, 1.82) is 0 Å². The lowest BCUT2D eigenvalue weighted by Crippen LogP contribution is -2.28. The molecule has 0 aromatic carbocycles. The number of ketones is 1. The fourth-order valence-corrected chi connectivity index (χ4v) is 1.44. The molecule has 1 rings (SSSR count). The van der Waals surface area contributed by atoms with Crippen LogP contribution in [-0.4, -0.2) is 18.4 Å². The van der Waals surface area contributed by atoms with Gasteiger partial charge in [-0.1, -0.05) is 6.08 Å². The summed E-state index contributed by atoms with van der Waals surface area (Å²) in [7, 11) is 0. The van der Waals surface area contributed by atoms with Crippen LogP contribution in [0.1, 0.15) is 26.7 Å². The summed E-state index contributed by atoms with van der Waals surface area (Å²) in [6, 6.07) is 0. The maximum absolute atomic E-state index is 11.5. The van der Waals surface area contributed by atoms with E-state index in [0.29, 0.717) is 18.6 Å². The Morgan fingerprint density at radius 2 is 2.38 bits per heavy atom. The van der Waals surface area contributed by atoms with Crippen LogP contribution >= 0.6 is 0 Å². The van der Waals surface area contributed by atoms with E-state index in [-0.39, 0.29) is 11.8 Å². The number of hydrogen-bond acceptors (Lipinski definition) is 3. The summed E-state index contributed by atoms with van der Waals surface area (Å²) in [6.07, 6.45) is 3.26. The smallest absolute Gasteiger partial charge is 0.316 e. The Kier molecular flexibility index (Phi) is 3.23. The van der Waals surface area contributed by atoms with E-state index in [0.717, 1.165) is 6.42 Å². The number of ether oxygens (including phenoxy) is 1. The molecule has 3 heteroatoms. The van der Waals surface area contributed by atoms with Crippen LogP contribution in [0.15, 0.2) is 11.6 Å². The van der Waals surface area contributed by atoms with Gasteiger partial charge in [-0.15, -0.1) is 0 Å². The summed E-state index contributed by atoms with van der Waals surface area (Å²) in [5.41, 5.74) is 0.685. The fourth-order valence-electron chi connectivity index (χ4n) is 1.44. The topological polar surface area (TPSA) is 43.4 Å². The molecule has 0 amide bonds. The minimum Gasteiger partial charge on any atom is -0.465 e. The monoisotopic (exact) mass is 182 g/mol. The van der Waals surface area contributed by atoms with Gasteiger partial charge < -0.3 is 4.74 Å². The molecule has 0 N–H and O–H groups in total. The zero-order chi connectivity index (χ0) is 9.84. The number of Topliss-reactive ketones (excluding diaryl/α,β-unsaturated/α-hetero) is 1. The van der Waals surface area contributed by atoms with Crippen LogP contribution in [0.3, 0.4) is 0 Å². The van der Waals surface area contributed by atoms with Gasteiger partial charge in [0.15, 0.2) is 5.78 Å². The van der Waals surface area contributed by atoms with E-state index in [4.69, 9.17) is 4.74 Å². The highest BCUT2D eigenvalue weighted by Gasteiger charge is 2.30. The first-order valence-electron chi connectivity index (χ1n) is 4.54. The highest BCUT2D eigenvalue weighted by atomic mass is 16.5. The highest BCUT2D eigenvalue weighted by Crippen LogP contribution is 2.21. The minimum atomic E-state index is -0.551. The van der Waals surface area contributed by atoms with Crippen molar-refractivity contribution in [3.8, 4) is 0 Å². The van der Waals surface area contributed by atoms with E-state index in [2.05, 4.69) is 0 Å². The largest absolute Gasteiger partial charge is 0.465 e. The fraction of sp³-hybridized carbons (Fsp3) is 0.600. The Hall–Kier alpha value is -1.12. The molecule has 13 heavy (non-hydrogen) atoms. The van der Waals surface area contributed by atoms with Crippen molar-refractivity contribution in [2.45, 2.75) is 26.7 Å². The van der Waals surface area contributed by atoms with Crippen LogP contribution < -0.4 is 0 Å². The molecule has 0 bridgehead atoms. The van der Waals surface area contributed by atoms with Gasteiger partial charge in [0.2, 0.25) is 0 Å². The molecule has 3 nitrogen and oxygen atoms in total.